The summed E-state index contributed by atoms with van der Waals surface area (Å²) in [5, 5.41) is -0.141. The summed E-state index contributed by atoms with van der Waals surface area (Å²) < 4.78 is 41.0. The van der Waals surface area contributed by atoms with E-state index in [0.29, 0.717) is 6.54 Å². The van der Waals surface area contributed by atoms with E-state index in [0.717, 1.165) is 19.0 Å². The third kappa shape index (κ3) is 6.22. The van der Waals surface area contributed by atoms with Crippen LogP contribution in [0.25, 0.3) is 0 Å². The van der Waals surface area contributed by atoms with Gasteiger partial charge in [0, 0.05) is 19.8 Å². The van der Waals surface area contributed by atoms with Crippen LogP contribution in [0.2, 0.25) is 5.02 Å². The Kier molecular flexibility index (Phi) is 6.85. The van der Waals surface area contributed by atoms with E-state index in [1.54, 1.807) is 7.05 Å². The molecule has 0 unspecified atom stereocenters. The molecule has 0 radical (unpaired) electrons. The lowest BCUT2D eigenvalue weighted by Gasteiger charge is -2.17. The van der Waals surface area contributed by atoms with Gasteiger partial charge in [-0.2, -0.15) is 13.2 Å². The van der Waals surface area contributed by atoms with E-state index in [4.69, 9.17) is 11.6 Å². The second kappa shape index (κ2) is 8.89. The first kappa shape index (κ1) is 20.0. The lowest BCUT2D eigenvalue weighted by atomic mass is 10.1. The normalized spacial score (nSPS) is 11.3. The van der Waals surface area contributed by atoms with Crippen molar-refractivity contribution in [2.24, 2.45) is 0 Å². The van der Waals surface area contributed by atoms with Crippen molar-refractivity contribution in [1.29, 1.82) is 0 Å². The van der Waals surface area contributed by atoms with E-state index in [9.17, 15) is 18.0 Å². The molecule has 1 amide bonds. The first-order chi connectivity index (χ1) is 12.3. The first-order valence-electron chi connectivity index (χ1n) is 7.91. The number of carbonyl (C=O) groups is 1. The predicted molar refractivity (Wildman–Crippen MR) is 92.5 cm³/mol. The van der Waals surface area contributed by atoms with Crippen LogP contribution in [0.3, 0.4) is 0 Å². The van der Waals surface area contributed by atoms with Crippen molar-refractivity contribution in [2.75, 3.05) is 20.2 Å². The van der Waals surface area contributed by atoms with Gasteiger partial charge in [-0.1, -0.05) is 41.9 Å². The number of pyridine rings is 1. The number of hydrogen-bond donors (Lipinski definition) is 0. The van der Waals surface area contributed by atoms with Gasteiger partial charge in [0.15, 0.2) is 6.61 Å². The fourth-order valence-corrected chi connectivity index (χ4v) is 2.51. The van der Waals surface area contributed by atoms with E-state index in [1.165, 1.54) is 16.5 Å². The van der Waals surface area contributed by atoms with Crippen molar-refractivity contribution >= 4 is 17.5 Å². The zero-order chi connectivity index (χ0) is 19.2. The predicted octanol–water partition coefficient (Wildman–Crippen LogP) is 4.38. The number of halogens is 4. The van der Waals surface area contributed by atoms with Crippen molar-refractivity contribution < 1.29 is 22.7 Å². The lowest BCUT2D eigenvalue weighted by molar-refractivity contribution is -0.154. The van der Waals surface area contributed by atoms with Crippen molar-refractivity contribution in [3.05, 3.63) is 58.7 Å². The van der Waals surface area contributed by atoms with Gasteiger partial charge in [0.1, 0.15) is 5.02 Å². The van der Waals surface area contributed by atoms with Gasteiger partial charge in [-0.3, -0.25) is 4.79 Å². The highest BCUT2D eigenvalue weighted by Crippen LogP contribution is 2.25. The second-order valence-corrected chi connectivity index (χ2v) is 6.14. The van der Waals surface area contributed by atoms with Crippen molar-refractivity contribution in [1.82, 2.24) is 9.88 Å². The average molecular weight is 387 g/mol. The zero-order valence-corrected chi connectivity index (χ0v) is 14.8. The van der Waals surface area contributed by atoms with Crippen molar-refractivity contribution in [2.45, 2.75) is 19.0 Å². The molecule has 0 bridgehead atoms. The zero-order valence-electron chi connectivity index (χ0n) is 14.1. The molecule has 140 valence electrons. The number of nitrogens with zero attached hydrogens (tertiary/aromatic N) is 2. The highest BCUT2D eigenvalue weighted by atomic mass is 35.5. The number of amides is 1. The van der Waals surface area contributed by atoms with Crippen LogP contribution in [0.5, 0.6) is 5.88 Å². The van der Waals surface area contributed by atoms with E-state index < -0.39 is 12.8 Å². The van der Waals surface area contributed by atoms with Gasteiger partial charge >= 0.3 is 6.18 Å². The third-order valence-electron chi connectivity index (χ3n) is 3.58. The topological polar surface area (TPSA) is 42.4 Å². The standard InChI is InChI=1S/C18H18ClF3N2O2/c1-24(9-5-8-13-6-3-2-4-7-13)17(25)14-10-15(19)16(23-11-14)26-12-18(20,21)22/h2-4,6-7,10-11H,5,8-9,12H2,1H3. The quantitative estimate of drug-likeness (QED) is 0.709. The number of aryl methyl sites for hydroxylation is 1. The summed E-state index contributed by atoms with van der Waals surface area (Å²) >= 11 is 5.87. The summed E-state index contributed by atoms with van der Waals surface area (Å²) in [6.07, 6.45) is -1.71. The number of alkyl halides is 3. The van der Waals surface area contributed by atoms with Crippen LogP contribution in [-0.2, 0) is 6.42 Å². The fraction of sp³-hybridized carbons (Fsp3) is 0.333. The maximum atomic E-state index is 12.4. The molecule has 0 saturated heterocycles. The maximum Gasteiger partial charge on any atom is 0.422 e. The van der Waals surface area contributed by atoms with Gasteiger partial charge in [-0.05, 0) is 24.5 Å². The van der Waals surface area contributed by atoms with Crippen LogP contribution in [-0.4, -0.2) is 42.2 Å². The molecule has 2 aromatic rings. The Bertz CT molecular complexity index is 739. The highest BCUT2D eigenvalue weighted by Gasteiger charge is 2.29. The Labute approximate surface area is 154 Å². The minimum atomic E-state index is -4.49. The highest BCUT2D eigenvalue weighted by molar-refractivity contribution is 6.32. The van der Waals surface area contributed by atoms with Crippen LogP contribution < -0.4 is 4.74 Å². The number of hydrogen-bond acceptors (Lipinski definition) is 3. The number of carbonyl (C=O) groups excluding carboxylic acids is 1. The Morgan fingerprint density at radius 3 is 2.58 bits per heavy atom. The Balaban J connectivity index is 1.90. The first-order valence-corrected chi connectivity index (χ1v) is 8.28. The minimum absolute atomic E-state index is 0.141. The van der Waals surface area contributed by atoms with Gasteiger partial charge in [-0.25, -0.2) is 4.98 Å². The van der Waals surface area contributed by atoms with Gasteiger partial charge < -0.3 is 9.64 Å². The molecule has 0 N–H and O–H groups in total. The summed E-state index contributed by atoms with van der Waals surface area (Å²) in [4.78, 5) is 17.6. The molecule has 8 heteroatoms. The molecular weight excluding hydrogens is 369 g/mol. The fourth-order valence-electron chi connectivity index (χ4n) is 2.29. The minimum Gasteiger partial charge on any atom is -0.467 e. The van der Waals surface area contributed by atoms with Crippen LogP contribution in [0.15, 0.2) is 42.6 Å². The Morgan fingerprint density at radius 2 is 1.96 bits per heavy atom. The molecule has 0 aliphatic heterocycles. The van der Waals surface area contributed by atoms with Crippen molar-refractivity contribution in [3.8, 4) is 5.88 Å². The second-order valence-electron chi connectivity index (χ2n) is 5.73. The molecular formula is C18H18ClF3N2O2. The Hall–Kier alpha value is -2.28. The maximum absolute atomic E-state index is 12.4. The molecule has 4 nitrogen and oxygen atoms in total. The summed E-state index contributed by atoms with van der Waals surface area (Å²) in [7, 11) is 1.65. The summed E-state index contributed by atoms with van der Waals surface area (Å²) in [5.74, 6) is -0.665. The average Bonchev–Trinajstić information content (AvgIpc) is 2.60. The van der Waals surface area contributed by atoms with E-state index >= 15 is 0 Å². The summed E-state index contributed by atoms with van der Waals surface area (Å²) in [6, 6.07) is 11.2. The lowest BCUT2D eigenvalue weighted by Crippen LogP contribution is -2.28. The molecule has 0 aliphatic rings. The molecule has 1 aromatic carbocycles. The molecule has 1 aromatic heterocycles. The van der Waals surface area contributed by atoms with Crippen LogP contribution >= 0.6 is 11.6 Å². The number of benzene rings is 1. The van der Waals surface area contributed by atoms with Gasteiger partial charge in [0.2, 0.25) is 5.88 Å². The molecule has 0 fully saturated rings. The molecule has 0 aliphatic carbocycles. The van der Waals surface area contributed by atoms with E-state index in [1.807, 2.05) is 30.3 Å². The van der Waals surface area contributed by atoms with Gasteiger partial charge in [0.05, 0.1) is 5.56 Å². The summed E-state index contributed by atoms with van der Waals surface area (Å²) in [6.45, 7) is -0.968. The number of aromatic nitrogens is 1. The molecule has 1 heterocycles. The van der Waals surface area contributed by atoms with Crippen LogP contribution in [0, 0.1) is 0 Å². The van der Waals surface area contributed by atoms with E-state index in [-0.39, 0.29) is 22.4 Å². The molecule has 0 spiro atoms. The third-order valence-corrected chi connectivity index (χ3v) is 3.85. The van der Waals surface area contributed by atoms with Gasteiger partial charge in [-0.15, -0.1) is 0 Å². The molecule has 26 heavy (non-hydrogen) atoms. The van der Waals surface area contributed by atoms with Crippen molar-refractivity contribution in [3.63, 3.8) is 0 Å². The Morgan fingerprint density at radius 1 is 1.27 bits per heavy atom. The molecule has 0 saturated carbocycles. The van der Waals surface area contributed by atoms with Crippen LogP contribution in [0.4, 0.5) is 13.2 Å². The smallest absolute Gasteiger partial charge is 0.422 e. The number of ether oxygens (including phenoxy) is 1. The monoisotopic (exact) mass is 386 g/mol. The molecule has 2 rings (SSSR count). The largest absolute Gasteiger partial charge is 0.467 e. The number of rotatable bonds is 7. The summed E-state index contributed by atoms with van der Waals surface area (Å²) in [5.41, 5.74) is 1.38. The van der Waals surface area contributed by atoms with Crippen LogP contribution in [0.1, 0.15) is 22.3 Å². The van der Waals surface area contributed by atoms with Gasteiger partial charge in [0.25, 0.3) is 5.91 Å². The molecule has 0 atom stereocenters. The van der Waals surface area contributed by atoms with E-state index in [2.05, 4.69) is 9.72 Å². The SMILES string of the molecule is CN(CCCc1ccccc1)C(=O)c1cnc(OCC(F)(F)F)c(Cl)c1.